The van der Waals surface area contributed by atoms with Crippen LogP contribution in [0.25, 0.3) is 0 Å². The van der Waals surface area contributed by atoms with Gasteiger partial charge in [-0.1, -0.05) is 94.9 Å². The van der Waals surface area contributed by atoms with Crippen molar-refractivity contribution in [3.05, 3.63) is 65.2 Å². The van der Waals surface area contributed by atoms with E-state index in [0.29, 0.717) is 42.7 Å². The second-order valence-electron chi connectivity index (χ2n) is 24.1. The molecule has 5 heterocycles. The number of hydrogen-bond donors (Lipinski definition) is 3. The first kappa shape index (κ1) is 67.3. The molecule has 3 aliphatic rings. The van der Waals surface area contributed by atoms with Gasteiger partial charge in [0, 0.05) is 55.0 Å². The molecule has 7 N–H and O–H groups in total. The lowest BCUT2D eigenvalue weighted by molar-refractivity contribution is -0.0121. The number of nitrogens with zero attached hydrogens (tertiary/aromatic N) is 3. The van der Waals surface area contributed by atoms with Gasteiger partial charge in [-0.3, -0.25) is 28.7 Å². The zero-order valence-electron chi connectivity index (χ0n) is 47.9. The standard InChI is InChI=1S/C27H52N3O6PSi.C23H42N3O5PSi.2H2O/c1-11-12-15-33-37(35-21(5)13-14-28-19(2)3)36-22-16-24(30-17-20(4)25(31)29-26(30)32)34-23(22)18-38(9,10)27(6,7)8;1-15(2)26-11-10-17(4)30-32(26)31-18-12-20(25-13-16(3)21(27)24-22(25)28)29-19(18)14-33(8,9)23(5,6)7;;/h17,19,21-24,28H,11-16,18H2,1-10H3,(H,29,31,32);13,15,17-20H,10-12,14H2,1-9H3,(H,24,27,28);2*1H2/t21-,22?,23?,24?,37?;;;/m1.../s1. The van der Waals surface area contributed by atoms with Gasteiger partial charge in [-0.25, -0.2) is 14.3 Å². The summed E-state index contributed by atoms with van der Waals surface area (Å²) in [5.41, 5.74) is -0.697. The summed E-state index contributed by atoms with van der Waals surface area (Å²) in [5.74, 6) is 0. The molecule has 0 spiro atoms. The van der Waals surface area contributed by atoms with E-state index in [1.54, 1.807) is 26.2 Å². The van der Waals surface area contributed by atoms with Crippen molar-refractivity contribution in [2.45, 2.75) is 252 Å². The summed E-state index contributed by atoms with van der Waals surface area (Å²) in [4.78, 5) is 53.9. The number of H-pyrrole nitrogens is 2. The number of aryl methyl sites for hydroxylation is 2. The van der Waals surface area contributed by atoms with Gasteiger partial charge in [0.1, 0.15) is 12.5 Å². The van der Waals surface area contributed by atoms with Gasteiger partial charge in [-0.15, -0.1) is 0 Å². The Labute approximate surface area is 440 Å². The number of aromatic amines is 2. The third-order valence-corrected chi connectivity index (χ3v) is 29.5. The fourth-order valence-corrected chi connectivity index (χ4v) is 15.2. The molecular formula is C50H98N6O13P2Si2. The number of ether oxygens (including phenoxy) is 2. The lowest BCUT2D eigenvalue weighted by Crippen LogP contribution is -2.43. The van der Waals surface area contributed by atoms with Crippen LogP contribution in [-0.2, 0) is 32.1 Å². The summed E-state index contributed by atoms with van der Waals surface area (Å²) in [6.07, 6.45) is 6.31. The molecule has 3 aliphatic heterocycles. The molecule has 2 aromatic heterocycles. The van der Waals surface area contributed by atoms with Gasteiger partial charge in [-0.05, 0) is 89.5 Å². The van der Waals surface area contributed by atoms with Gasteiger partial charge >= 0.3 is 20.0 Å². The van der Waals surface area contributed by atoms with Crippen molar-refractivity contribution in [2.24, 2.45) is 0 Å². The second kappa shape index (κ2) is 28.7. The van der Waals surface area contributed by atoms with Crippen molar-refractivity contribution in [2.75, 3.05) is 19.7 Å². The first-order valence-corrected chi connectivity index (χ1v) is 34.8. The summed E-state index contributed by atoms with van der Waals surface area (Å²) in [7, 11) is -6.24. The number of unbranched alkanes of at least 4 members (excludes halogenated alkanes) is 1. The third-order valence-electron chi connectivity index (χ3n) is 15.1. The predicted molar refractivity (Wildman–Crippen MR) is 300 cm³/mol. The van der Waals surface area contributed by atoms with Gasteiger partial charge in [0.2, 0.25) is 0 Å². The van der Waals surface area contributed by atoms with E-state index in [0.717, 1.165) is 50.9 Å². The summed E-state index contributed by atoms with van der Waals surface area (Å²) in [6, 6.07) is 2.55. The van der Waals surface area contributed by atoms with Gasteiger partial charge in [0.05, 0.1) is 59.4 Å². The Hall–Kier alpha value is -1.79. The highest BCUT2D eigenvalue weighted by atomic mass is 31.2. The molecule has 10 atom stereocenters. The highest BCUT2D eigenvalue weighted by Crippen LogP contribution is 2.54. The molecule has 3 saturated heterocycles. The Morgan fingerprint density at radius 1 is 0.808 bits per heavy atom. The van der Waals surface area contributed by atoms with Crippen molar-refractivity contribution in [1.82, 2.24) is 29.1 Å². The molecule has 23 heteroatoms. The van der Waals surface area contributed by atoms with Crippen LogP contribution >= 0.6 is 17.1 Å². The fourth-order valence-electron chi connectivity index (χ4n) is 8.11. The maximum atomic E-state index is 12.7. The lowest BCUT2D eigenvalue weighted by atomic mass is 10.2. The van der Waals surface area contributed by atoms with Crippen molar-refractivity contribution in [3.63, 3.8) is 0 Å². The summed E-state index contributed by atoms with van der Waals surface area (Å²) >= 11 is 0. The van der Waals surface area contributed by atoms with E-state index < -0.39 is 57.1 Å². The molecule has 0 bridgehead atoms. The Bertz CT molecular complexity index is 2230. The largest absolute Gasteiger partial charge is 0.412 e. The topological polar surface area (TPSA) is 253 Å². The van der Waals surface area contributed by atoms with Crippen LogP contribution in [0.5, 0.6) is 0 Å². The molecular weight excluding hydrogens is 1010 g/mol. The molecule has 0 amide bonds. The smallest absolute Gasteiger partial charge is 0.333 e. The minimum atomic E-state index is -1.75. The summed E-state index contributed by atoms with van der Waals surface area (Å²) in [5, 5.41) is 3.80. The molecule has 2 aromatic rings. The van der Waals surface area contributed by atoms with Gasteiger partial charge in [0.15, 0.2) is 0 Å². The van der Waals surface area contributed by atoms with Gasteiger partial charge < -0.3 is 48.4 Å². The Balaban J connectivity index is 0.000000491. The van der Waals surface area contributed by atoms with Crippen LogP contribution in [0.2, 0.25) is 48.4 Å². The van der Waals surface area contributed by atoms with Gasteiger partial charge in [0.25, 0.3) is 19.6 Å². The van der Waals surface area contributed by atoms with E-state index in [-0.39, 0.29) is 68.8 Å². The van der Waals surface area contributed by atoms with E-state index in [1.165, 1.54) is 9.13 Å². The van der Waals surface area contributed by atoms with Crippen LogP contribution in [0, 0.1) is 13.8 Å². The minimum absolute atomic E-state index is 0. The normalized spacial score (nSPS) is 25.0. The van der Waals surface area contributed by atoms with Crippen molar-refractivity contribution >= 4 is 33.3 Å². The van der Waals surface area contributed by atoms with Crippen molar-refractivity contribution in [3.8, 4) is 0 Å². The molecule has 9 unspecified atom stereocenters. The molecule has 5 rings (SSSR count). The molecule has 0 aliphatic carbocycles. The monoisotopic (exact) mass is 1110 g/mol. The van der Waals surface area contributed by atoms with Crippen LogP contribution in [-0.4, -0.2) is 119 Å². The van der Waals surface area contributed by atoms with Crippen LogP contribution in [0.3, 0.4) is 0 Å². The fraction of sp³-hybridized carbons (Fsp3) is 0.840. The number of rotatable bonds is 21. The maximum absolute atomic E-state index is 12.7. The van der Waals surface area contributed by atoms with Crippen LogP contribution in [0.15, 0.2) is 31.6 Å². The van der Waals surface area contributed by atoms with E-state index in [4.69, 9.17) is 32.1 Å². The van der Waals surface area contributed by atoms with E-state index in [9.17, 15) is 19.2 Å². The average molecular weight is 1110 g/mol. The van der Waals surface area contributed by atoms with Crippen molar-refractivity contribution < 1.29 is 43.0 Å². The first-order chi connectivity index (χ1) is 32.8. The van der Waals surface area contributed by atoms with E-state index in [1.807, 2.05) is 6.92 Å². The molecule has 3 fully saturated rings. The zero-order chi connectivity index (χ0) is 53.4. The van der Waals surface area contributed by atoms with E-state index in [2.05, 4.69) is 129 Å². The number of hydrogen-bond acceptors (Lipinski definition) is 13. The SMILES string of the molecule is CCCCOP(OC1CC(n2cc(C)c(=O)[nH]c2=O)OC1C[Si](C)(C)C(C)(C)C)O[C@H](C)CCNC(C)C.Cc1cn(C2CC(OP3OC(C)CCN3C(C)C)C(C[Si](C)(C)C(C)(C)C)O2)c(=O)[nH]c1=O.O.O. The predicted octanol–water partition coefficient (Wildman–Crippen LogP) is 8.99. The molecule has 0 saturated carbocycles. The van der Waals surface area contributed by atoms with E-state index >= 15 is 0 Å². The molecule has 424 valence electrons. The van der Waals surface area contributed by atoms with Crippen LogP contribution in [0.1, 0.15) is 152 Å². The van der Waals surface area contributed by atoms with Crippen LogP contribution < -0.4 is 27.8 Å². The highest BCUT2D eigenvalue weighted by Gasteiger charge is 2.48. The Morgan fingerprint density at radius 2 is 1.29 bits per heavy atom. The van der Waals surface area contributed by atoms with Crippen molar-refractivity contribution in [1.29, 1.82) is 0 Å². The van der Waals surface area contributed by atoms with Gasteiger partial charge in [-0.2, -0.15) is 0 Å². The van der Waals surface area contributed by atoms with Crippen LogP contribution in [0.4, 0.5) is 0 Å². The molecule has 0 radical (unpaired) electrons. The number of aromatic nitrogens is 4. The first-order valence-electron chi connectivity index (χ1n) is 26.2. The zero-order valence-corrected chi connectivity index (χ0v) is 51.7. The summed E-state index contributed by atoms with van der Waals surface area (Å²) in [6.45, 7) is 43.9. The number of nitrogens with one attached hydrogen (secondary N) is 3. The molecule has 0 aromatic carbocycles. The highest BCUT2D eigenvalue weighted by molar-refractivity contribution is 7.44. The molecule has 19 nitrogen and oxygen atoms in total. The average Bonchev–Trinajstić information content (AvgIpc) is 3.81. The molecule has 73 heavy (non-hydrogen) atoms. The minimum Gasteiger partial charge on any atom is -0.412 e. The third kappa shape index (κ3) is 19.3. The maximum Gasteiger partial charge on any atom is 0.333 e. The lowest BCUT2D eigenvalue weighted by Gasteiger charge is -2.42. The Morgan fingerprint density at radius 3 is 1.74 bits per heavy atom. The quantitative estimate of drug-likeness (QED) is 0.0600. The summed E-state index contributed by atoms with van der Waals surface area (Å²) < 4.78 is 50.3. The second-order valence-corrected chi connectivity index (χ2v) is 38.0. The Kier molecular flexibility index (Phi) is 26.5.